The Kier molecular flexibility index (Phi) is 3.61. The normalized spacial score (nSPS) is 14.0. The molecule has 0 saturated heterocycles. The van der Waals surface area contributed by atoms with Gasteiger partial charge in [0.05, 0.1) is 12.2 Å². The van der Waals surface area contributed by atoms with Gasteiger partial charge >= 0.3 is 0 Å². The molecule has 0 aliphatic carbocycles. The highest BCUT2D eigenvalue weighted by molar-refractivity contribution is 6.26. The topological polar surface area (TPSA) is 88.3 Å². The van der Waals surface area contributed by atoms with Gasteiger partial charge in [0.15, 0.2) is 11.2 Å². The van der Waals surface area contributed by atoms with Crippen molar-refractivity contribution >= 4 is 39.5 Å². The number of carbonyl (C=O) groups excluding carboxylic acids is 2. The fourth-order valence-electron chi connectivity index (χ4n) is 3.64. The molecule has 2 amide bonds. The smallest absolute Gasteiger partial charge is 0.259 e. The molecule has 7 nitrogen and oxygen atoms in total. The molecule has 0 fully saturated rings. The molecule has 1 aliphatic heterocycles. The molecule has 3 heterocycles. The van der Waals surface area contributed by atoms with Crippen LogP contribution in [-0.4, -0.2) is 27.8 Å². The van der Waals surface area contributed by atoms with Gasteiger partial charge < -0.3 is 9.73 Å². The van der Waals surface area contributed by atoms with Crippen LogP contribution >= 0.6 is 0 Å². The van der Waals surface area contributed by atoms with Gasteiger partial charge in [-0.2, -0.15) is 4.98 Å². The average molecular weight is 372 g/mol. The van der Waals surface area contributed by atoms with Crippen LogP contribution in [0.2, 0.25) is 0 Å². The zero-order chi connectivity index (χ0) is 19.3. The minimum absolute atomic E-state index is 0.124. The van der Waals surface area contributed by atoms with Crippen LogP contribution in [0.15, 0.2) is 59.1 Å². The van der Waals surface area contributed by atoms with E-state index in [4.69, 9.17) is 4.42 Å². The second kappa shape index (κ2) is 6.16. The number of nitrogens with one attached hydrogen (secondary N) is 1. The van der Waals surface area contributed by atoms with Gasteiger partial charge in [-0.3, -0.25) is 14.5 Å². The summed E-state index contributed by atoms with van der Waals surface area (Å²) in [4.78, 5) is 35.6. The van der Waals surface area contributed by atoms with Gasteiger partial charge in [-0.15, -0.1) is 0 Å². The molecule has 1 N–H and O–H groups in total. The van der Waals surface area contributed by atoms with Crippen molar-refractivity contribution in [1.82, 2.24) is 15.3 Å². The summed E-state index contributed by atoms with van der Waals surface area (Å²) in [7, 11) is 0. The molecule has 2 aromatic carbocycles. The Morgan fingerprint density at radius 2 is 2.00 bits per heavy atom. The number of rotatable bonds is 4. The maximum Gasteiger partial charge on any atom is 0.259 e. The van der Waals surface area contributed by atoms with Crippen molar-refractivity contribution in [1.29, 1.82) is 0 Å². The van der Waals surface area contributed by atoms with E-state index in [-0.39, 0.29) is 18.4 Å². The minimum atomic E-state index is -0.673. The Bertz CT molecular complexity index is 1210. The number of carbonyl (C=O) groups is 2. The number of hydrogen-bond acceptors (Lipinski definition) is 5. The Hall–Kier alpha value is -3.74. The molecule has 0 spiro atoms. The number of oxazole rings is 1. The lowest BCUT2D eigenvalue weighted by molar-refractivity contribution is -0.122. The Morgan fingerprint density at radius 3 is 2.82 bits per heavy atom. The standard InChI is InChI=1S/C21H16N4O3/c1-12(20(26)23-11-17-24-19-16(28-17)9-4-10-22-19)25-15-8-3-6-13-5-2-7-14(18(13)15)21(25)27/h2-10,12H,11H2,1H3,(H,23,26). The van der Waals surface area contributed by atoms with E-state index in [1.165, 1.54) is 0 Å². The molecule has 1 unspecified atom stereocenters. The van der Waals surface area contributed by atoms with Crippen LogP contribution in [-0.2, 0) is 11.3 Å². The number of pyridine rings is 1. The Labute approximate surface area is 160 Å². The molecule has 28 heavy (non-hydrogen) atoms. The number of benzene rings is 2. The van der Waals surface area contributed by atoms with Gasteiger partial charge in [0.1, 0.15) is 6.04 Å². The van der Waals surface area contributed by atoms with Crippen molar-refractivity contribution in [2.75, 3.05) is 4.90 Å². The summed E-state index contributed by atoms with van der Waals surface area (Å²) in [6, 6.07) is 14.2. The van der Waals surface area contributed by atoms with Gasteiger partial charge in [0.2, 0.25) is 11.8 Å². The first-order valence-corrected chi connectivity index (χ1v) is 8.97. The van der Waals surface area contributed by atoms with Crippen LogP contribution in [0, 0.1) is 0 Å². The molecule has 2 aromatic heterocycles. The highest BCUT2D eigenvalue weighted by Gasteiger charge is 2.35. The van der Waals surface area contributed by atoms with E-state index in [2.05, 4.69) is 15.3 Å². The van der Waals surface area contributed by atoms with E-state index in [9.17, 15) is 9.59 Å². The molecule has 0 saturated carbocycles. The third-order valence-corrected chi connectivity index (χ3v) is 4.98. The monoisotopic (exact) mass is 372 g/mol. The summed E-state index contributed by atoms with van der Waals surface area (Å²) in [5.41, 5.74) is 2.44. The molecule has 1 atom stereocenters. The van der Waals surface area contributed by atoms with Crippen molar-refractivity contribution in [2.45, 2.75) is 19.5 Å². The molecular weight excluding hydrogens is 356 g/mol. The van der Waals surface area contributed by atoms with Crippen molar-refractivity contribution in [3.05, 3.63) is 66.2 Å². The first-order valence-electron chi connectivity index (χ1n) is 8.97. The van der Waals surface area contributed by atoms with Crippen LogP contribution < -0.4 is 10.2 Å². The third-order valence-electron chi connectivity index (χ3n) is 4.98. The van der Waals surface area contributed by atoms with Crippen LogP contribution in [0.1, 0.15) is 23.2 Å². The first kappa shape index (κ1) is 16.4. The number of aromatic nitrogens is 2. The molecule has 1 aliphatic rings. The zero-order valence-electron chi connectivity index (χ0n) is 15.0. The lowest BCUT2D eigenvalue weighted by Gasteiger charge is -2.24. The second-order valence-corrected chi connectivity index (χ2v) is 6.68. The number of fused-ring (bicyclic) bond motifs is 1. The number of hydrogen-bond donors (Lipinski definition) is 1. The summed E-state index contributed by atoms with van der Waals surface area (Å²) in [5.74, 6) is -0.0822. The molecule has 4 aromatic rings. The molecule has 5 rings (SSSR count). The highest BCUT2D eigenvalue weighted by Crippen LogP contribution is 2.38. The Balaban J connectivity index is 1.37. The highest BCUT2D eigenvalue weighted by atomic mass is 16.3. The summed E-state index contributed by atoms with van der Waals surface area (Å²) in [5, 5.41) is 4.67. The first-order chi connectivity index (χ1) is 13.6. The quantitative estimate of drug-likeness (QED) is 0.595. The SMILES string of the molecule is CC(C(=O)NCc1nc2ncccc2o1)N1C(=O)c2cccc3cccc1c23. The van der Waals surface area contributed by atoms with E-state index < -0.39 is 6.04 Å². The third kappa shape index (κ3) is 2.44. The summed E-state index contributed by atoms with van der Waals surface area (Å²) in [6.45, 7) is 1.84. The van der Waals surface area contributed by atoms with E-state index >= 15 is 0 Å². The molecule has 7 heteroatoms. The van der Waals surface area contributed by atoms with Gasteiger partial charge in [0, 0.05) is 17.1 Å². The lowest BCUT2D eigenvalue weighted by atomic mass is 10.1. The van der Waals surface area contributed by atoms with Gasteiger partial charge in [-0.25, -0.2) is 4.98 Å². The van der Waals surface area contributed by atoms with E-state index in [1.54, 1.807) is 36.2 Å². The number of amides is 2. The van der Waals surface area contributed by atoms with Gasteiger partial charge in [-0.05, 0) is 36.6 Å². The fraction of sp³-hybridized carbons (Fsp3) is 0.143. The van der Waals surface area contributed by atoms with E-state index in [0.717, 1.165) is 16.5 Å². The average Bonchev–Trinajstić information content (AvgIpc) is 3.26. The molecule has 0 radical (unpaired) electrons. The number of nitrogens with zero attached hydrogens (tertiary/aromatic N) is 3. The van der Waals surface area contributed by atoms with Crippen molar-refractivity contribution in [3.8, 4) is 0 Å². The zero-order valence-corrected chi connectivity index (χ0v) is 15.0. The largest absolute Gasteiger partial charge is 0.437 e. The van der Waals surface area contributed by atoms with Gasteiger partial charge in [-0.1, -0.05) is 24.3 Å². The van der Waals surface area contributed by atoms with Crippen molar-refractivity contribution < 1.29 is 14.0 Å². The van der Waals surface area contributed by atoms with Crippen molar-refractivity contribution in [2.24, 2.45) is 0 Å². The van der Waals surface area contributed by atoms with Crippen LogP contribution in [0.25, 0.3) is 22.0 Å². The summed E-state index contributed by atoms with van der Waals surface area (Å²) in [6.07, 6.45) is 1.63. The summed E-state index contributed by atoms with van der Waals surface area (Å²) < 4.78 is 5.57. The second-order valence-electron chi connectivity index (χ2n) is 6.68. The summed E-state index contributed by atoms with van der Waals surface area (Å²) >= 11 is 0. The number of anilines is 1. The molecular formula is C21H16N4O3. The Morgan fingerprint density at radius 1 is 1.18 bits per heavy atom. The van der Waals surface area contributed by atoms with E-state index in [1.807, 2.05) is 30.3 Å². The molecule has 138 valence electrons. The maximum atomic E-state index is 12.9. The van der Waals surface area contributed by atoms with Gasteiger partial charge in [0.25, 0.3) is 5.91 Å². The van der Waals surface area contributed by atoms with Crippen LogP contribution in [0.3, 0.4) is 0 Å². The van der Waals surface area contributed by atoms with Crippen LogP contribution in [0.5, 0.6) is 0 Å². The van der Waals surface area contributed by atoms with Crippen molar-refractivity contribution in [3.63, 3.8) is 0 Å². The maximum absolute atomic E-state index is 12.9. The lowest BCUT2D eigenvalue weighted by Crippen LogP contribution is -2.46. The fourth-order valence-corrected chi connectivity index (χ4v) is 3.64. The van der Waals surface area contributed by atoms with Crippen LogP contribution in [0.4, 0.5) is 5.69 Å². The molecule has 0 bridgehead atoms. The minimum Gasteiger partial charge on any atom is -0.437 e. The predicted molar refractivity (Wildman–Crippen MR) is 104 cm³/mol. The predicted octanol–water partition coefficient (Wildman–Crippen LogP) is 3.04. The van der Waals surface area contributed by atoms with E-state index in [0.29, 0.717) is 22.7 Å².